The first-order valence-electron chi connectivity index (χ1n) is 9.27. The molecule has 3 nitrogen and oxygen atoms in total. The van der Waals surface area contributed by atoms with Crippen molar-refractivity contribution in [3.63, 3.8) is 0 Å². The van der Waals surface area contributed by atoms with Crippen molar-refractivity contribution in [2.45, 2.75) is 43.7 Å². The monoisotopic (exact) mass is 374 g/mol. The second kappa shape index (κ2) is 7.00. The van der Waals surface area contributed by atoms with Crippen LogP contribution in [0.5, 0.6) is 0 Å². The average Bonchev–Trinajstić information content (AvgIpc) is 2.65. The number of carbonyl (C=O) groups is 1. The van der Waals surface area contributed by atoms with Crippen molar-refractivity contribution in [2.24, 2.45) is 0 Å². The molecular formula is C21H21F3N2O. The fourth-order valence-electron chi connectivity index (χ4n) is 4.07. The summed E-state index contributed by atoms with van der Waals surface area (Å²) in [6, 6.07) is 8.49. The minimum absolute atomic E-state index is 0.152. The molecule has 4 rings (SSSR count). The highest BCUT2D eigenvalue weighted by Crippen LogP contribution is 2.38. The lowest BCUT2D eigenvalue weighted by Gasteiger charge is -2.48. The fourth-order valence-corrected chi connectivity index (χ4v) is 4.07. The van der Waals surface area contributed by atoms with Crippen LogP contribution >= 0.6 is 0 Å². The number of piperidine rings is 1. The molecule has 2 N–H and O–H groups in total. The summed E-state index contributed by atoms with van der Waals surface area (Å²) in [5, 5.41) is 6.67. The first kappa shape index (κ1) is 18.0. The van der Waals surface area contributed by atoms with Crippen LogP contribution in [0.15, 0.2) is 36.4 Å². The van der Waals surface area contributed by atoms with E-state index in [1.54, 1.807) is 24.3 Å². The molecule has 2 aromatic carbocycles. The summed E-state index contributed by atoms with van der Waals surface area (Å²) in [5.74, 6) is -4.11. The summed E-state index contributed by atoms with van der Waals surface area (Å²) in [6.45, 7) is 0.908. The van der Waals surface area contributed by atoms with Crippen LogP contribution < -0.4 is 10.6 Å². The van der Waals surface area contributed by atoms with Gasteiger partial charge in [0.2, 0.25) is 0 Å². The molecule has 2 aromatic rings. The van der Waals surface area contributed by atoms with Crippen molar-refractivity contribution in [3.8, 4) is 11.1 Å². The highest BCUT2D eigenvalue weighted by Gasteiger charge is 2.41. The van der Waals surface area contributed by atoms with E-state index >= 15 is 0 Å². The van der Waals surface area contributed by atoms with Gasteiger partial charge in [-0.15, -0.1) is 0 Å². The molecular weight excluding hydrogens is 353 g/mol. The summed E-state index contributed by atoms with van der Waals surface area (Å²) in [7, 11) is 0. The van der Waals surface area contributed by atoms with E-state index in [-0.39, 0.29) is 23.1 Å². The van der Waals surface area contributed by atoms with E-state index in [9.17, 15) is 18.0 Å². The lowest BCUT2D eigenvalue weighted by molar-refractivity contribution is 0.0853. The second-order valence-electron chi connectivity index (χ2n) is 7.56. The van der Waals surface area contributed by atoms with Gasteiger partial charge in [-0.2, -0.15) is 0 Å². The number of benzene rings is 2. The third-order valence-corrected chi connectivity index (χ3v) is 5.74. The smallest absolute Gasteiger partial charge is 0.251 e. The first-order chi connectivity index (χ1) is 13.0. The predicted molar refractivity (Wildman–Crippen MR) is 96.8 cm³/mol. The molecule has 1 aliphatic carbocycles. The molecule has 2 aliphatic rings. The minimum atomic E-state index is -1.49. The summed E-state index contributed by atoms with van der Waals surface area (Å²) in [5.41, 5.74) is 1.43. The number of hydrogen-bond acceptors (Lipinski definition) is 2. The van der Waals surface area contributed by atoms with E-state index < -0.39 is 17.5 Å². The van der Waals surface area contributed by atoms with Crippen LogP contribution in [0.1, 0.15) is 42.5 Å². The van der Waals surface area contributed by atoms with E-state index in [2.05, 4.69) is 10.6 Å². The molecule has 1 unspecified atom stereocenters. The summed E-state index contributed by atoms with van der Waals surface area (Å²) >= 11 is 0. The van der Waals surface area contributed by atoms with Crippen LogP contribution in [0, 0.1) is 17.5 Å². The molecule has 1 amide bonds. The number of hydrogen-bond donors (Lipinski definition) is 2. The van der Waals surface area contributed by atoms with E-state index in [1.807, 2.05) is 0 Å². The Balaban J connectivity index is 1.45. The molecule has 1 saturated heterocycles. The molecule has 1 saturated carbocycles. The van der Waals surface area contributed by atoms with Crippen molar-refractivity contribution < 1.29 is 18.0 Å². The van der Waals surface area contributed by atoms with Gasteiger partial charge in [0.1, 0.15) is 0 Å². The van der Waals surface area contributed by atoms with Crippen LogP contribution in [-0.2, 0) is 0 Å². The van der Waals surface area contributed by atoms with E-state index in [4.69, 9.17) is 0 Å². The zero-order valence-corrected chi connectivity index (χ0v) is 14.8. The maximum Gasteiger partial charge on any atom is 0.251 e. The average molecular weight is 374 g/mol. The minimum Gasteiger partial charge on any atom is -0.349 e. The van der Waals surface area contributed by atoms with Crippen molar-refractivity contribution in [1.29, 1.82) is 0 Å². The standard InChI is InChI=1S/C21H21F3N2O/c22-17-10-15(11-18(23)19(17)24)13-2-4-14(5-3-13)20(27)26-16-6-9-25-21(12-16)7-1-8-21/h2-5,10-11,16,25H,1,6-9,12H2,(H,26,27). The maximum atomic E-state index is 13.4. The first-order valence-corrected chi connectivity index (χ1v) is 9.27. The molecule has 1 heterocycles. The summed E-state index contributed by atoms with van der Waals surface area (Å²) in [6.07, 6.45) is 5.42. The van der Waals surface area contributed by atoms with E-state index in [1.165, 1.54) is 19.3 Å². The lowest BCUT2D eigenvalue weighted by atomic mass is 9.70. The Morgan fingerprint density at radius 1 is 1.04 bits per heavy atom. The van der Waals surface area contributed by atoms with Gasteiger partial charge in [-0.1, -0.05) is 12.1 Å². The quantitative estimate of drug-likeness (QED) is 0.792. The van der Waals surface area contributed by atoms with Crippen LogP contribution in [-0.4, -0.2) is 24.0 Å². The van der Waals surface area contributed by atoms with Gasteiger partial charge < -0.3 is 10.6 Å². The zero-order valence-electron chi connectivity index (χ0n) is 14.8. The van der Waals surface area contributed by atoms with Crippen LogP contribution in [0.4, 0.5) is 13.2 Å². The van der Waals surface area contributed by atoms with Gasteiger partial charge in [-0.3, -0.25) is 4.79 Å². The Bertz CT molecular complexity index is 839. The fraction of sp³-hybridized carbons (Fsp3) is 0.381. The largest absolute Gasteiger partial charge is 0.349 e. The zero-order chi connectivity index (χ0) is 19.0. The molecule has 1 aliphatic heterocycles. The van der Waals surface area contributed by atoms with Gasteiger partial charge >= 0.3 is 0 Å². The number of amides is 1. The number of carbonyl (C=O) groups excluding carboxylic acids is 1. The SMILES string of the molecule is O=C(NC1CCNC2(CCC2)C1)c1ccc(-c2cc(F)c(F)c(F)c2)cc1. The van der Waals surface area contributed by atoms with Gasteiger partial charge in [0.25, 0.3) is 5.91 Å². The van der Waals surface area contributed by atoms with E-state index in [0.29, 0.717) is 11.1 Å². The summed E-state index contributed by atoms with van der Waals surface area (Å²) in [4.78, 5) is 12.5. The topological polar surface area (TPSA) is 41.1 Å². The van der Waals surface area contributed by atoms with Gasteiger partial charge in [0.05, 0.1) is 0 Å². The Morgan fingerprint density at radius 3 is 2.30 bits per heavy atom. The molecule has 2 fully saturated rings. The van der Waals surface area contributed by atoms with Gasteiger partial charge in [0.15, 0.2) is 17.5 Å². The molecule has 142 valence electrons. The van der Waals surface area contributed by atoms with Crippen molar-refractivity contribution >= 4 is 5.91 Å². The Hall–Kier alpha value is -2.34. The third kappa shape index (κ3) is 3.58. The number of rotatable bonds is 3. The Kier molecular flexibility index (Phi) is 4.68. The maximum absolute atomic E-state index is 13.4. The predicted octanol–water partition coefficient (Wildman–Crippen LogP) is 4.18. The molecule has 0 radical (unpaired) electrons. The van der Waals surface area contributed by atoms with Gasteiger partial charge in [-0.05, 0) is 74.0 Å². The van der Waals surface area contributed by atoms with Gasteiger partial charge in [0, 0.05) is 17.1 Å². The molecule has 27 heavy (non-hydrogen) atoms. The lowest BCUT2D eigenvalue weighted by Crippen LogP contribution is -2.59. The molecule has 6 heteroatoms. The molecule has 0 aromatic heterocycles. The Labute approximate surface area is 156 Å². The Morgan fingerprint density at radius 2 is 1.70 bits per heavy atom. The van der Waals surface area contributed by atoms with Crippen LogP contribution in [0.2, 0.25) is 0 Å². The highest BCUT2D eigenvalue weighted by atomic mass is 19.2. The van der Waals surface area contributed by atoms with Crippen molar-refractivity contribution in [2.75, 3.05) is 6.54 Å². The summed E-state index contributed by atoms with van der Waals surface area (Å²) < 4.78 is 39.9. The normalized spacial score (nSPS) is 20.9. The van der Waals surface area contributed by atoms with Crippen LogP contribution in [0.3, 0.4) is 0 Å². The van der Waals surface area contributed by atoms with E-state index in [0.717, 1.165) is 31.5 Å². The molecule has 0 bridgehead atoms. The third-order valence-electron chi connectivity index (χ3n) is 5.74. The van der Waals surface area contributed by atoms with Crippen molar-refractivity contribution in [1.82, 2.24) is 10.6 Å². The molecule has 1 spiro atoms. The van der Waals surface area contributed by atoms with Gasteiger partial charge in [-0.25, -0.2) is 13.2 Å². The highest BCUT2D eigenvalue weighted by molar-refractivity contribution is 5.94. The number of nitrogens with one attached hydrogen (secondary N) is 2. The second-order valence-corrected chi connectivity index (χ2v) is 7.56. The number of halogens is 3. The van der Waals surface area contributed by atoms with Crippen molar-refractivity contribution in [3.05, 3.63) is 59.4 Å². The van der Waals surface area contributed by atoms with Crippen LogP contribution in [0.25, 0.3) is 11.1 Å². The molecule has 1 atom stereocenters.